The second kappa shape index (κ2) is 6.33. The van der Waals surface area contributed by atoms with Crippen LogP contribution in [0, 0.1) is 26.6 Å². The molecule has 0 spiro atoms. The highest BCUT2D eigenvalue weighted by molar-refractivity contribution is 7.92. The fraction of sp³-hybridized carbons (Fsp3) is 0.167. The Kier molecular flexibility index (Phi) is 4.34. The van der Waals surface area contributed by atoms with E-state index in [1.54, 1.807) is 12.1 Å². The van der Waals surface area contributed by atoms with E-state index in [0.717, 1.165) is 23.0 Å². The van der Waals surface area contributed by atoms with Gasteiger partial charge in [-0.1, -0.05) is 17.7 Å². The van der Waals surface area contributed by atoms with Crippen molar-refractivity contribution in [3.8, 4) is 5.69 Å². The molecule has 5 nitrogen and oxygen atoms in total. The van der Waals surface area contributed by atoms with Crippen LogP contribution < -0.4 is 4.72 Å². The summed E-state index contributed by atoms with van der Waals surface area (Å²) >= 11 is 0. The molecule has 1 heterocycles. The number of aromatic nitrogens is 2. The van der Waals surface area contributed by atoms with Crippen LogP contribution in [0.4, 0.5) is 10.1 Å². The van der Waals surface area contributed by atoms with E-state index in [1.807, 2.05) is 26.8 Å². The van der Waals surface area contributed by atoms with Gasteiger partial charge in [0.25, 0.3) is 10.0 Å². The van der Waals surface area contributed by atoms with Gasteiger partial charge in [-0.3, -0.25) is 4.72 Å². The number of nitrogens with zero attached hydrogens (tertiary/aromatic N) is 2. The molecule has 3 aromatic rings. The number of hydrogen-bond acceptors (Lipinski definition) is 3. The summed E-state index contributed by atoms with van der Waals surface area (Å²) in [6.07, 6.45) is 0. The van der Waals surface area contributed by atoms with Crippen LogP contribution in [-0.4, -0.2) is 18.2 Å². The Morgan fingerprint density at radius 2 is 1.68 bits per heavy atom. The third-order valence-electron chi connectivity index (χ3n) is 3.77. The predicted molar refractivity (Wildman–Crippen MR) is 95.0 cm³/mol. The van der Waals surface area contributed by atoms with Gasteiger partial charge in [-0.25, -0.2) is 17.5 Å². The van der Waals surface area contributed by atoms with Gasteiger partial charge in [0.15, 0.2) is 5.82 Å². The molecule has 0 saturated heterocycles. The molecule has 0 aliphatic carbocycles. The van der Waals surface area contributed by atoms with E-state index in [-0.39, 0.29) is 16.3 Å². The van der Waals surface area contributed by atoms with Crippen LogP contribution in [-0.2, 0) is 10.0 Å². The third kappa shape index (κ3) is 3.56. The zero-order chi connectivity index (χ0) is 18.2. The Labute approximate surface area is 146 Å². The summed E-state index contributed by atoms with van der Waals surface area (Å²) < 4.78 is 43.1. The number of rotatable bonds is 4. The Bertz CT molecular complexity index is 1020. The number of sulfonamides is 1. The lowest BCUT2D eigenvalue weighted by Crippen LogP contribution is -2.13. The molecule has 0 amide bonds. The molecule has 0 saturated carbocycles. The van der Waals surface area contributed by atoms with E-state index >= 15 is 0 Å². The SMILES string of the molecule is Cc1ccc(S(=O)(=O)Nc2ccc(-n3nc(C)cc3C)c(F)c2)cc1. The normalized spacial score (nSPS) is 11.5. The first kappa shape index (κ1) is 17.2. The van der Waals surface area contributed by atoms with Gasteiger partial charge in [-0.15, -0.1) is 0 Å². The first-order chi connectivity index (χ1) is 11.8. The van der Waals surface area contributed by atoms with Crippen LogP contribution in [0.2, 0.25) is 0 Å². The van der Waals surface area contributed by atoms with Crippen LogP contribution >= 0.6 is 0 Å². The zero-order valence-corrected chi connectivity index (χ0v) is 14.9. The van der Waals surface area contributed by atoms with Gasteiger partial charge in [0, 0.05) is 11.8 Å². The fourth-order valence-electron chi connectivity index (χ4n) is 2.55. The van der Waals surface area contributed by atoms with Crippen molar-refractivity contribution >= 4 is 15.7 Å². The van der Waals surface area contributed by atoms with E-state index < -0.39 is 15.8 Å². The Balaban J connectivity index is 1.91. The van der Waals surface area contributed by atoms with Crippen LogP contribution in [0.1, 0.15) is 17.0 Å². The molecule has 0 aliphatic rings. The molecule has 7 heteroatoms. The molecular weight excluding hydrogens is 341 g/mol. The summed E-state index contributed by atoms with van der Waals surface area (Å²) in [5.41, 5.74) is 2.96. The molecule has 0 bridgehead atoms. The molecule has 0 fully saturated rings. The zero-order valence-electron chi connectivity index (χ0n) is 14.1. The van der Waals surface area contributed by atoms with Gasteiger partial charge in [0.2, 0.25) is 0 Å². The summed E-state index contributed by atoms with van der Waals surface area (Å²) in [7, 11) is -3.77. The van der Waals surface area contributed by atoms with Crippen molar-refractivity contribution in [1.82, 2.24) is 9.78 Å². The highest BCUT2D eigenvalue weighted by Gasteiger charge is 2.16. The first-order valence-electron chi connectivity index (χ1n) is 7.69. The van der Waals surface area contributed by atoms with Crippen molar-refractivity contribution in [2.75, 3.05) is 4.72 Å². The minimum absolute atomic E-state index is 0.126. The minimum atomic E-state index is -3.77. The smallest absolute Gasteiger partial charge is 0.261 e. The molecule has 0 atom stereocenters. The van der Waals surface area contributed by atoms with Crippen molar-refractivity contribution in [3.63, 3.8) is 0 Å². The van der Waals surface area contributed by atoms with Crippen LogP contribution in [0.15, 0.2) is 53.4 Å². The molecular formula is C18H18FN3O2S. The van der Waals surface area contributed by atoms with Gasteiger partial charge in [0.1, 0.15) is 5.69 Å². The van der Waals surface area contributed by atoms with Crippen molar-refractivity contribution in [3.05, 3.63) is 71.3 Å². The minimum Gasteiger partial charge on any atom is -0.280 e. The quantitative estimate of drug-likeness (QED) is 0.772. The largest absolute Gasteiger partial charge is 0.280 e. The average molecular weight is 359 g/mol. The van der Waals surface area contributed by atoms with Crippen molar-refractivity contribution in [2.24, 2.45) is 0 Å². The van der Waals surface area contributed by atoms with E-state index in [9.17, 15) is 12.8 Å². The molecule has 0 unspecified atom stereocenters. The highest BCUT2D eigenvalue weighted by Crippen LogP contribution is 2.22. The van der Waals surface area contributed by atoms with Crippen molar-refractivity contribution in [2.45, 2.75) is 25.7 Å². The van der Waals surface area contributed by atoms with Gasteiger partial charge < -0.3 is 0 Å². The molecule has 1 aromatic heterocycles. The number of anilines is 1. The summed E-state index contributed by atoms with van der Waals surface area (Å²) in [6.45, 7) is 5.52. The highest BCUT2D eigenvalue weighted by atomic mass is 32.2. The van der Waals surface area contributed by atoms with Gasteiger partial charge in [-0.2, -0.15) is 5.10 Å². The Morgan fingerprint density at radius 1 is 1.00 bits per heavy atom. The molecule has 2 aromatic carbocycles. The molecule has 130 valence electrons. The lowest BCUT2D eigenvalue weighted by molar-refractivity contribution is 0.600. The van der Waals surface area contributed by atoms with E-state index in [2.05, 4.69) is 9.82 Å². The standard InChI is InChI=1S/C18H18FN3O2S/c1-12-4-7-16(8-5-12)25(23,24)21-15-6-9-18(17(19)11-15)22-14(3)10-13(2)20-22/h4-11,21H,1-3H3. The topological polar surface area (TPSA) is 64.0 Å². The second-order valence-corrected chi connectivity index (χ2v) is 7.61. The lowest BCUT2D eigenvalue weighted by Gasteiger charge is -2.11. The fourth-order valence-corrected chi connectivity index (χ4v) is 3.60. The number of halogens is 1. The average Bonchev–Trinajstić information content (AvgIpc) is 2.86. The van der Waals surface area contributed by atoms with Crippen LogP contribution in [0.25, 0.3) is 5.69 Å². The predicted octanol–water partition coefficient (Wildman–Crippen LogP) is 3.74. The summed E-state index contributed by atoms with van der Waals surface area (Å²) in [4.78, 5) is 0.126. The maximum atomic E-state index is 14.5. The second-order valence-electron chi connectivity index (χ2n) is 5.92. The number of hydrogen-bond donors (Lipinski definition) is 1. The number of aryl methyl sites for hydroxylation is 3. The maximum Gasteiger partial charge on any atom is 0.261 e. The van der Waals surface area contributed by atoms with Gasteiger partial charge in [0.05, 0.1) is 16.3 Å². The monoisotopic (exact) mass is 359 g/mol. The Hall–Kier alpha value is -2.67. The number of benzene rings is 2. The van der Waals surface area contributed by atoms with Crippen molar-refractivity contribution in [1.29, 1.82) is 0 Å². The van der Waals surface area contributed by atoms with Crippen molar-refractivity contribution < 1.29 is 12.8 Å². The molecule has 1 N–H and O–H groups in total. The molecule has 0 radical (unpaired) electrons. The number of nitrogens with one attached hydrogen (secondary N) is 1. The molecule has 3 rings (SSSR count). The van der Waals surface area contributed by atoms with Crippen LogP contribution in [0.3, 0.4) is 0 Å². The first-order valence-corrected chi connectivity index (χ1v) is 9.17. The Morgan fingerprint density at radius 3 is 2.24 bits per heavy atom. The van der Waals surface area contributed by atoms with E-state index in [4.69, 9.17) is 0 Å². The summed E-state index contributed by atoms with van der Waals surface area (Å²) in [5.74, 6) is -0.560. The van der Waals surface area contributed by atoms with Gasteiger partial charge in [-0.05, 0) is 51.1 Å². The van der Waals surface area contributed by atoms with E-state index in [0.29, 0.717) is 0 Å². The third-order valence-corrected chi connectivity index (χ3v) is 5.17. The van der Waals surface area contributed by atoms with Crippen LogP contribution in [0.5, 0.6) is 0 Å². The van der Waals surface area contributed by atoms with E-state index in [1.165, 1.54) is 28.9 Å². The summed E-state index contributed by atoms with van der Waals surface area (Å²) in [6, 6.07) is 12.5. The molecule has 0 aliphatic heterocycles. The maximum absolute atomic E-state index is 14.5. The van der Waals surface area contributed by atoms with Gasteiger partial charge >= 0.3 is 0 Å². The molecule has 25 heavy (non-hydrogen) atoms. The lowest BCUT2D eigenvalue weighted by atomic mass is 10.2. The summed E-state index contributed by atoms with van der Waals surface area (Å²) in [5, 5.41) is 4.24.